The fourth-order valence-corrected chi connectivity index (χ4v) is 1.98. The molecule has 0 saturated heterocycles. The molecule has 1 atom stereocenters. The molecule has 0 saturated carbocycles. The molecule has 1 unspecified atom stereocenters. The van der Waals surface area contributed by atoms with Gasteiger partial charge in [0, 0.05) is 12.4 Å². The maximum absolute atomic E-state index is 5.59. The van der Waals surface area contributed by atoms with Gasteiger partial charge in [-0.2, -0.15) is 5.10 Å². The van der Waals surface area contributed by atoms with Crippen LogP contribution in [-0.2, 0) is 6.54 Å². The van der Waals surface area contributed by atoms with Crippen LogP contribution in [0.2, 0.25) is 0 Å². The number of benzene rings is 1. The van der Waals surface area contributed by atoms with Gasteiger partial charge in [-0.3, -0.25) is 4.68 Å². The van der Waals surface area contributed by atoms with Gasteiger partial charge in [0.2, 0.25) is 0 Å². The van der Waals surface area contributed by atoms with Gasteiger partial charge < -0.3 is 10.1 Å². The topological polar surface area (TPSA) is 39.1 Å². The average molecular weight is 259 g/mol. The lowest BCUT2D eigenvalue weighted by Crippen LogP contribution is -2.22. The molecule has 0 radical (unpaired) electrons. The zero-order chi connectivity index (χ0) is 13.5. The van der Waals surface area contributed by atoms with Gasteiger partial charge in [-0.25, -0.2) is 0 Å². The van der Waals surface area contributed by atoms with Gasteiger partial charge in [-0.05, 0) is 37.2 Å². The normalized spacial score (nSPS) is 12.3. The molecule has 0 aliphatic heterocycles. The number of rotatable bonds is 7. The Hall–Kier alpha value is -1.81. The van der Waals surface area contributed by atoms with Gasteiger partial charge in [0.25, 0.3) is 0 Å². The van der Waals surface area contributed by atoms with Crippen LogP contribution < -0.4 is 10.1 Å². The van der Waals surface area contributed by atoms with E-state index >= 15 is 0 Å². The molecule has 102 valence electrons. The van der Waals surface area contributed by atoms with Crippen molar-refractivity contribution in [3.63, 3.8) is 0 Å². The molecule has 1 N–H and O–H groups in total. The molecule has 1 aromatic heterocycles. The molecule has 1 heterocycles. The summed E-state index contributed by atoms with van der Waals surface area (Å²) in [5.41, 5.74) is 1.24. The molecule has 4 heteroatoms. The van der Waals surface area contributed by atoms with E-state index in [9.17, 15) is 0 Å². The third-order valence-corrected chi connectivity index (χ3v) is 3.03. The fraction of sp³-hybridized carbons (Fsp3) is 0.400. The quantitative estimate of drug-likeness (QED) is 0.831. The fourth-order valence-electron chi connectivity index (χ4n) is 1.98. The summed E-state index contributed by atoms with van der Waals surface area (Å²) in [6, 6.07) is 10.5. The van der Waals surface area contributed by atoms with Gasteiger partial charge >= 0.3 is 0 Å². The molecule has 0 amide bonds. The molecule has 0 bridgehead atoms. The summed E-state index contributed by atoms with van der Waals surface area (Å²) in [6.45, 7) is 3.69. The zero-order valence-corrected chi connectivity index (χ0v) is 11.5. The van der Waals surface area contributed by atoms with Crippen LogP contribution in [0, 0.1) is 0 Å². The number of likely N-dealkylation sites (N-methyl/N-ethyl adjacent to an activating group) is 1. The van der Waals surface area contributed by atoms with Crippen LogP contribution in [0.25, 0.3) is 0 Å². The maximum atomic E-state index is 5.59. The molecule has 0 spiro atoms. The van der Waals surface area contributed by atoms with Crippen LogP contribution in [0.5, 0.6) is 5.75 Å². The number of hydrogen-bond acceptors (Lipinski definition) is 3. The Bertz CT molecular complexity index is 465. The first-order valence-corrected chi connectivity index (χ1v) is 6.71. The Kier molecular flexibility index (Phi) is 4.98. The largest absolute Gasteiger partial charge is 0.494 e. The zero-order valence-electron chi connectivity index (χ0n) is 11.5. The highest BCUT2D eigenvalue weighted by Crippen LogP contribution is 2.19. The van der Waals surface area contributed by atoms with Crippen LogP contribution in [0.15, 0.2) is 42.7 Å². The van der Waals surface area contributed by atoms with E-state index in [1.807, 2.05) is 36.1 Å². The summed E-state index contributed by atoms with van der Waals surface area (Å²) >= 11 is 0. The lowest BCUT2D eigenvalue weighted by atomic mass is 10.1. The Morgan fingerprint density at radius 2 is 2.11 bits per heavy atom. The van der Waals surface area contributed by atoms with Crippen molar-refractivity contribution in [2.45, 2.75) is 25.9 Å². The molecule has 4 nitrogen and oxygen atoms in total. The number of nitrogens with one attached hydrogen (secondary N) is 1. The Morgan fingerprint density at radius 3 is 2.68 bits per heavy atom. The van der Waals surface area contributed by atoms with E-state index in [1.54, 1.807) is 6.20 Å². The van der Waals surface area contributed by atoms with E-state index in [0.717, 1.165) is 25.3 Å². The van der Waals surface area contributed by atoms with Crippen molar-refractivity contribution < 1.29 is 4.74 Å². The van der Waals surface area contributed by atoms with Crippen molar-refractivity contribution in [2.75, 3.05) is 13.7 Å². The van der Waals surface area contributed by atoms with E-state index in [1.165, 1.54) is 5.56 Å². The van der Waals surface area contributed by atoms with Crippen LogP contribution in [0.1, 0.15) is 24.9 Å². The monoisotopic (exact) mass is 259 g/mol. The second-order valence-electron chi connectivity index (χ2n) is 4.49. The summed E-state index contributed by atoms with van der Waals surface area (Å²) in [7, 11) is 1.97. The Morgan fingerprint density at radius 1 is 1.32 bits per heavy atom. The minimum atomic E-state index is 0.250. The molecule has 19 heavy (non-hydrogen) atoms. The summed E-state index contributed by atoms with van der Waals surface area (Å²) in [6.07, 6.45) is 4.80. The second-order valence-corrected chi connectivity index (χ2v) is 4.49. The van der Waals surface area contributed by atoms with E-state index in [0.29, 0.717) is 0 Å². The first-order valence-electron chi connectivity index (χ1n) is 6.71. The van der Waals surface area contributed by atoms with Crippen LogP contribution in [-0.4, -0.2) is 23.4 Å². The summed E-state index contributed by atoms with van der Waals surface area (Å²) in [5.74, 6) is 0.930. The average Bonchev–Trinajstić information content (AvgIpc) is 2.96. The number of aromatic nitrogens is 2. The highest BCUT2D eigenvalue weighted by molar-refractivity contribution is 5.29. The lowest BCUT2D eigenvalue weighted by molar-refractivity contribution is 0.317. The minimum absolute atomic E-state index is 0.250. The molecule has 1 aromatic carbocycles. The second kappa shape index (κ2) is 6.95. The summed E-state index contributed by atoms with van der Waals surface area (Å²) < 4.78 is 7.52. The van der Waals surface area contributed by atoms with Crippen molar-refractivity contribution >= 4 is 0 Å². The van der Waals surface area contributed by atoms with Gasteiger partial charge in [0.15, 0.2) is 0 Å². The van der Waals surface area contributed by atoms with E-state index in [4.69, 9.17) is 4.74 Å². The number of hydrogen-bond donors (Lipinski definition) is 1. The Balaban J connectivity index is 2.02. The van der Waals surface area contributed by atoms with E-state index in [2.05, 4.69) is 29.5 Å². The van der Waals surface area contributed by atoms with Crippen molar-refractivity contribution in [1.82, 2.24) is 15.1 Å². The van der Waals surface area contributed by atoms with Crippen LogP contribution >= 0.6 is 0 Å². The van der Waals surface area contributed by atoms with Gasteiger partial charge in [0.05, 0.1) is 19.2 Å². The predicted molar refractivity (Wildman–Crippen MR) is 76.3 cm³/mol. The SMILES string of the molecule is CCCOc1ccc(C(Cn2cccn2)NC)cc1. The third-order valence-electron chi connectivity index (χ3n) is 3.03. The minimum Gasteiger partial charge on any atom is -0.494 e. The molecular formula is C15H21N3O. The predicted octanol–water partition coefficient (Wildman–Crippen LogP) is 2.63. The first-order chi connectivity index (χ1) is 9.33. The molecular weight excluding hydrogens is 238 g/mol. The van der Waals surface area contributed by atoms with Crippen molar-refractivity contribution in [3.05, 3.63) is 48.3 Å². The van der Waals surface area contributed by atoms with Gasteiger partial charge in [0.1, 0.15) is 5.75 Å². The smallest absolute Gasteiger partial charge is 0.119 e. The molecule has 0 aliphatic rings. The third kappa shape index (κ3) is 3.83. The van der Waals surface area contributed by atoms with Crippen molar-refractivity contribution in [2.24, 2.45) is 0 Å². The van der Waals surface area contributed by atoms with Gasteiger partial charge in [-0.15, -0.1) is 0 Å². The first kappa shape index (κ1) is 13.6. The summed E-state index contributed by atoms with van der Waals surface area (Å²) in [4.78, 5) is 0. The Labute approximate surface area is 114 Å². The maximum Gasteiger partial charge on any atom is 0.119 e. The van der Waals surface area contributed by atoms with E-state index in [-0.39, 0.29) is 6.04 Å². The highest BCUT2D eigenvalue weighted by Gasteiger charge is 2.10. The highest BCUT2D eigenvalue weighted by atomic mass is 16.5. The van der Waals surface area contributed by atoms with Crippen LogP contribution in [0.3, 0.4) is 0 Å². The molecule has 0 aliphatic carbocycles. The van der Waals surface area contributed by atoms with Gasteiger partial charge in [-0.1, -0.05) is 19.1 Å². The molecule has 2 aromatic rings. The molecule has 2 rings (SSSR count). The summed E-state index contributed by atoms with van der Waals surface area (Å²) in [5, 5.41) is 7.56. The standard InChI is InChI=1S/C15H21N3O/c1-3-11-19-14-7-5-13(6-8-14)15(16-2)12-18-10-4-9-17-18/h4-10,15-16H,3,11-12H2,1-2H3. The lowest BCUT2D eigenvalue weighted by Gasteiger charge is -2.17. The number of ether oxygens (including phenoxy) is 1. The molecule has 0 fully saturated rings. The van der Waals surface area contributed by atoms with Crippen molar-refractivity contribution in [3.8, 4) is 5.75 Å². The van der Waals surface area contributed by atoms with E-state index < -0.39 is 0 Å². The number of nitrogens with zero attached hydrogens (tertiary/aromatic N) is 2. The van der Waals surface area contributed by atoms with Crippen LogP contribution in [0.4, 0.5) is 0 Å². The van der Waals surface area contributed by atoms with Crippen molar-refractivity contribution in [1.29, 1.82) is 0 Å².